The number of alkyl halides is 2. The highest BCUT2D eigenvalue weighted by molar-refractivity contribution is 9.10. The minimum Gasteiger partial charge on any atom is -0.435 e. The van der Waals surface area contributed by atoms with Crippen molar-refractivity contribution in [3.8, 4) is 5.75 Å². The first-order valence-electron chi connectivity index (χ1n) is 4.18. The van der Waals surface area contributed by atoms with Crippen molar-refractivity contribution >= 4 is 21.7 Å². The first kappa shape index (κ1) is 12.1. The summed E-state index contributed by atoms with van der Waals surface area (Å²) in [4.78, 5) is 11.1. The molecule has 1 rings (SSSR count). The van der Waals surface area contributed by atoms with Crippen LogP contribution in [0, 0.1) is 6.92 Å². The van der Waals surface area contributed by atoms with E-state index >= 15 is 0 Å². The molecule has 0 aromatic heterocycles. The van der Waals surface area contributed by atoms with Crippen LogP contribution in [0.1, 0.15) is 22.8 Å². The average molecular weight is 279 g/mol. The lowest BCUT2D eigenvalue weighted by Crippen LogP contribution is -2.05. The molecule has 0 heterocycles. The monoisotopic (exact) mass is 278 g/mol. The Labute approximate surface area is 94.4 Å². The molecule has 0 spiro atoms. The fourth-order valence-corrected chi connectivity index (χ4v) is 1.77. The Morgan fingerprint density at radius 2 is 2.07 bits per heavy atom. The summed E-state index contributed by atoms with van der Waals surface area (Å²) in [5, 5.41) is 0. The number of carbonyl (C=O) groups excluding carboxylic acids is 1. The van der Waals surface area contributed by atoms with Gasteiger partial charge in [0, 0.05) is 15.6 Å². The topological polar surface area (TPSA) is 26.3 Å². The first-order valence-corrected chi connectivity index (χ1v) is 4.97. The Hall–Kier alpha value is -0.970. The van der Waals surface area contributed by atoms with Crippen molar-refractivity contribution in [2.45, 2.75) is 20.5 Å². The SMILES string of the molecule is CC(=O)c1ccc(OC(F)F)c(C)c1Br. The van der Waals surface area contributed by atoms with Gasteiger partial charge in [-0.1, -0.05) is 0 Å². The van der Waals surface area contributed by atoms with Crippen LogP contribution in [-0.2, 0) is 0 Å². The van der Waals surface area contributed by atoms with Crippen LogP contribution in [0.2, 0.25) is 0 Å². The minimum absolute atomic E-state index is 0.0712. The van der Waals surface area contributed by atoms with Gasteiger partial charge in [-0.05, 0) is 41.9 Å². The third-order valence-corrected chi connectivity index (χ3v) is 2.95. The van der Waals surface area contributed by atoms with Gasteiger partial charge in [0.15, 0.2) is 5.78 Å². The van der Waals surface area contributed by atoms with Crippen molar-refractivity contribution in [3.05, 3.63) is 27.7 Å². The molecule has 0 N–H and O–H groups in total. The molecule has 2 nitrogen and oxygen atoms in total. The molecule has 0 radical (unpaired) electrons. The molecule has 0 aliphatic heterocycles. The van der Waals surface area contributed by atoms with E-state index in [2.05, 4.69) is 20.7 Å². The van der Waals surface area contributed by atoms with Crippen LogP contribution >= 0.6 is 15.9 Å². The number of halogens is 3. The summed E-state index contributed by atoms with van der Waals surface area (Å²) in [6.07, 6.45) is 0. The van der Waals surface area contributed by atoms with Crippen LogP contribution in [0.5, 0.6) is 5.75 Å². The van der Waals surface area contributed by atoms with Crippen molar-refractivity contribution in [1.29, 1.82) is 0 Å². The molecule has 0 amide bonds. The van der Waals surface area contributed by atoms with Gasteiger partial charge in [-0.2, -0.15) is 8.78 Å². The number of ketones is 1. The van der Waals surface area contributed by atoms with Gasteiger partial charge in [0.25, 0.3) is 0 Å². The number of rotatable bonds is 3. The molecule has 0 fully saturated rings. The lowest BCUT2D eigenvalue weighted by atomic mass is 10.1. The molecule has 1 aromatic carbocycles. The summed E-state index contributed by atoms with van der Waals surface area (Å²) in [5.41, 5.74) is 0.942. The second-order valence-corrected chi connectivity index (χ2v) is 3.78. The van der Waals surface area contributed by atoms with Gasteiger partial charge in [-0.25, -0.2) is 0 Å². The van der Waals surface area contributed by atoms with E-state index in [1.165, 1.54) is 19.1 Å². The standard InChI is InChI=1S/C10H9BrF2O2/c1-5-8(15-10(12)13)4-3-7(6(2)14)9(5)11/h3-4,10H,1-2H3. The van der Waals surface area contributed by atoms with Crippen molar-refractivity contribution in [2.24, 2.45) is 0 Å². The maximum atomic E-state index is 12.0. The average Bonchev–Trinajstić information content (AvgIpc) is 2.12. The van der Waals surface area contributed by atoms with E-state index in [1.54, 1.807) is 6.92 Å². The highest BCUT2D eigenvalue weighted by atomic mass is 79.9. The summed E-state index contributed by atoms with van der Waals surface area (Å²) >= 11 is 3.18. The maximum Gasteiger partial charge on any atom is 0.387 e. The number of Topliss-reactive ketones (excluding diaryl/α,β-unsaturated/α-hetero) is 1. The predicted octanol–water partition coefficient (Wildman–Crippen LogP) is 3.56. The van der Waals surface area contributed by atoms with Crippen LogP contribution < -0.4 is 4.74 Å². The number of hydrogen-bond acceptors (Lipinski definition) is 2. The molecule has 82 valence electrons. The molecule has 1 aromatic rings. The zero-order chi connectivity index (χ0) is 11.6. The van der Waals surface area contributed by atoms with E-state index in [0.717, 1.165) is 0 Å². The molecule has 0 saturated heterocycles. The number of benzene rings is 1. The molecule has 5 heteroatoms. The third-order valence-electron chi connectivity index (χ3n) is 1.93. The highest BCUT2D eigenvalue weighted by Gasteiger charge is 2.14. The second-order valence-electron chi connectivity index (χ2n) is 2.98. The van der Waals surface area contributed by atoms with Crippen molar-refractivity contribution in [1.82, 2.24) is 0 Å². The summed E-state index contributed by atoms with van der Waals surface area (Å²) in [6.45, 7) is 0.153. The smallest absolute Gasteiger partial charge is 0.387 e. The van der Waals surface area contributed by atoms with Crippen LogP contribution in [0.3, 0.4) is 0 Å². The number of carbonyl (C=O) groups is 1. The van der Waals surface area contributed by atoms with Gasteiger partial charge in [0.2, 0.25) is 0 Å². The number of hydrogen-bond donors (Lipinski definition) is 0. The summed E-state index contributed by atoms with van der Waals surface area (Å²) < 4.78 is 28.8. The number of ether oxygens (including phenoxy) is 1. The zero-order valence-corrected chi connectivity index (χ0v) is 9.77. The van der Waals surface area contributed by atoms with Crippen LogP contribution in [-0.4, -0.2) is 12.4 Å². The summed E-state index contributed by atoms with van der Waals surface area (Å²) in [5.74, 6) is -0.0598. The van der Waals surface area contributed by atoms with Crippen molar-refractivity contribution in [3.63, 3.8) is 0 Å². The molecule has 0 bridgehead atoms. The van der Waals surface area contributed by atoms with E-state index in [4.69, 9.17) is 0 Å². The molecule has 0 aliphatic carbocycles. The van der Waals surface area contributed by atoms with Gasteiger partial charge in [0.05, 0.1) is 0 Å². The molecule has 15 heavy (non-hydrogen) atoms. The van der Waals surface area contributed by atoms with Crippen molar-refractivity contribution in [2.75, 3.05) is 0 Å². The fraction of sp³-hybridized carbons (Fsp3) is 0.300. The Bertz CT molecular complexity index is 391. The molecule has 0 saturated carbocycles. The van der Waals surface area contributed by atoms with Crippen LogP contribution in [0.4, 0.5) is 8.78 Å². The van der Waals surface area contributed by atoms with Gasteiger partial charge in [-0.15, -0.1) is 0 Å². The van der Waals surface area contributed by atoms with Crippen molar-refractivity contribution < 1.29 is 18.3 Å². The van der Waals surface area contributed by atoms with Gasteiger partial charge < -0.3 is 4.74 Å². The van der Waals surface area contributed by atoms with Crippen LogP contribution in [0.25, 0.3) is 0 Å². The lowest BCUT2D eigenvalue weighted by molar-refractivity contribution is -0.0503. The largest absolute Gasteiger partial charge is 0.435 e. The predicted molar refractivity (Wildman–Crippen MR) is 55.5 cm³/mol. The minimum atomic E-state index is -2.86. The van der Waals surface area contributed by atoms with Gasteiger partial charge >= 0.3 is 6.61 Å². The summed E-state index contributed by atoms with van der Waals surface area (Å²) in [7, 11) is 0. The highest BCUT2D eigenvalue weighted by Crippen LogP contribution is 2.30. The Balaban J connectivity index is 3.15. The molecule has 0 atom stereocenters. The van der Waals surface area contributed by atoms with E-state index in [0.29, 0.717) is 15.6 Å². The lowest BCUT2D eigenvalue weighted by Gasteiger charge is -2.11. The van der Waals surface area contributed by atoms with E-state index < -0.39 is 6.61 Å². The Morgan fingerprint density at radius 3 is 2.53 bits per heavy atom. The van der Waals surface area contributed by atoms with E-state index in [1.807, 2.05) is 0 Å². The molecular weight excluding hydrogens is 270 g/mol. The normalized spacial score (nSPS) is 10.5. The molecular formula is C10H9BrF2O2. The Morgan fingerprint density at radius 1 is 1.47 bits per heavy atom. The van der Waals surface area contributed by atoms with Gasteiger partial charge in [-0.3, -0.25) is 4.79 Å². The van der Waals surface area contributed by atoms with E-state index in [-0.39, 0.29) is 11.5 Å². The molecule has 0 aliphatic rings. The zero-order valence-electron chi connectivity index (χ0n) is 8.18. The fourth-order valence-electron chi connectivity index (χ4n) is 1.16. The third kappa shape index (κ3) is 2.75. The Kier molecular flexibility index (Phi) is 3.79. The first-order chi connectivity index (χ1) is 6.93. The van der Waals surface area contributed by atoms with Crippen LogP contribution in [0.15, 0.2) is 16.6 Å². The van der Waals surface area contributed by atoms with Gasteiger partial charge in [0.1, 0.15) is 5.75 Å². The summed E-state index contributed by atoms with van der Waals surface area (Å²) in [6, 6.07) is 2.82. The second kappa shape index (κ2) is 4.70. The quantitative estimate of drug-likeness (QED) is 0.791. The molecule has 0 unspecified atom stereocenters. The van der Waals surface area contributed by atoms with E-state index in [9.17, 15) is 13.6 Å². The maximum absolute atomic E-state index is 12.0.